The van der Waals surface area contributed by atoms with Gasteiger partial charge in [-0.15, -0.1) is 0 Å². The Balaban J connectivity index is 2.23. The van der Waals surface area contributed by atoms with Gasteiger partial charge in [-0.3, -0.25) is 4.79 Å². The third-order valence-electron chi connectivity index (χ3n) is 2.85. The van der Waals surface area contributed by atoms with Gasteiger partial charge in [0.2, 0.25) is 0 Å². The molecule has 22 heavy (non-hydrogen) atoms. The van der Waals surface area contributed by atoms with Crippen molar-refractivity contribution in [3.05, 3.63) is 59.2 Å². The molecule has 2 aromatic rings. The second-order valence-electron chi connectivity index (χ2n) is 4.44. The van der Waals surface area contributed by atoms with Gasteiger partial charge in [-0.05, 0) is 42.0 Å². The highest BCUT2D eigenvalue weighted by Crippen LogP contribution is 2.31. The molecule has 6 heteroatoms. The predicted molar refractivity (Wildman–Crippen MR) is 80.0 cm³/mol. The van der Waals surface area contributed by atoms with Crippen LogP contribution in [0, 0.1) is 11.3 Å². The summed E-state index contributed by atoms with van der Waals surface area (Å²) in [4.78, 5) is 23.0. The molecule has 110 valence electrons. The molecule has 0 aliphatic heterocycles. The van der Waals surface area contributed by atoms with Crippen molar-refractivity contribution < 1.29 is 19.8 Å². The molecule has 2 aromatic carbocycles. The number of carboxylic acids is 2. The van der Waals surface area contributed by atoms with Crippen LogP contribution in [0.3, 0.4) is 0 Å². The fourth-order valence-corrected chi connectivity index (χ4v) is 2.71. The number of hydrogen-bond donors (Lipinski definition) is 2. The summed E-state index contributed by atoms with van der Waals surface area (Å²) in [5.74, 6) is -1.94. The van der Waals surface area contributed by atoms with E-state index in [1.54, 1.807) is 30.3 Å². The number of hydrogen-bond acceptors (Lipinski definition) is 4. The molecule has 5 nitrogen and oxygen atoms in total. The molecule has 2 N–H and O–H groups in total. The minimum Gasteiger partial charge on any atom is -0.481 e. The predicted octanol–water partition coefficient (Wildman–Crippen LogP) is 3.03. The summed E-state index contributed by atoms with van der Waals surface area (Å²) in [7, 11) is 0. The molecule has 2 rings (SSSR count). The van der Waals surface area contributed by atoms with E-state index in [4.69, 9.17) is 10.2 Å². The van der Waals surface area contributed by atoms with Crippen molar-refractivity contribution >= 4 is 23.7 Å². The number of carbonyl (C=O) groups is 2. The molecule has 0 amide bonds. The Morgan fingerprint density at radius 2 is 1.77 bits per heavy atom. The van der Waals surface area contributed by atoms with E-state index in [1.165, 1.54) is 23.9 Å². The van der Waals surface area contributed by atoms with Gasteiger partial charge in [-0.1, -0.05) is 17.8 Å². The van der Waals surface area contributed by atoms with Crippen LogP contribution in [-0.4, -0.2) is 22.2 Å². The summed E-state index contributed by atoms with van der Waals surface area (Å²) in [6.07, 6.45) is -0.132. The van der Waals surface area contributed by atoms with E-state index in [0.29, 0.717) is 16.0 Å². The van der Waals surface area contributed by atoms with Crippen LogP contribution >= 0.6 is 11.8 Å². The maximum Gasteiger partial charge on any atom is 0.335 e. The van der Waals surface area contributed by atoms with Gasteiger partial charge in [0, 0.05) is 9.79 Å². The molecule has 0 aromatic heterocycles. The lowest BCUT2D eigenvalue weighted by molar-refractivity contribution is -0.136. The Kier molecular flexibility index (Phi) is 4.81. The second-order valence-corrected chi connectivity index (χ2v) is 5.56. The first kappa shape index (κ1) is 15.6. The zero-order valence-corrected chi connectivity index (χ0v) is 12.1. The van der Waals surface area contributed by atoms with Crippen molar-refractivity contribution in [3.63, 3.8) is 0 Å². The average molecular weight is 313 g/mol. The van der Waals surface area contributed by atoms with Crippen LogP contribution < -0.4 is 0 Å². The van der Waals surface area contributed by atoms with Gasteiger partial charge in [0.25, 0.3) is 0 Å². The molecule has 0 spiro atoms. The van der Waals surface area contributed by atoms with Gasteiger partial charge >= 0.3 is 11.9 Å². The Labute approximate surface area is 130 Å². The van der Waals surface area contributed by atoms with E-state index in [9.17, 15) is 14.9 Å². The molecule has 0 radical (unpaired) electrons. The quantitative estimate of drug-likeness (QED) is 0.880. The molecule has 0 atom stereocenters. The lowest BCUT2D eigenvalue weighted by Crippen LogP contribution is -2.00. The number of carboxylic acid groups (broad SMARTS) is 2. The monoisotopic (exact) mass is 313 g/mol. The topological polar surface area (TPSA) is 98.4 Å². The summed E-state index contributed by atoms with van der Waals surface area (Å²) in [6, 6.07) is 13.3. The molecular formula is C16H11NO4S. The zero-order chi connectivity index (χ0) is 16.1. The van der Waals surface area contributed by atoms with Crippen molar-refractivity contribution in [3.8, 4) is 6.07 Å². The molecule has 0 saturated heterocycles. The van der Waals surface area contributed by atoms with Crippen LogP contribution in [0.25, 0.3) is 0 Å². The SMILES string of the molecule is N#Cc1cc(CC(=O)O)ccc1Sc1ccc(C(=O)O)cc1. The van der Waals surface area contributed by atoms with Crippen molar-refractivity contribution in [2.24, 2.45) is 0 Å². The van der Waals surface area contributed by atoms with Gasteiger partial charge in [0.1, 0.15) is 6.07 Å². The van der Waals surface area contributed by atoms with E-state index in [1.807, 2.05) is 0 Å². The van der Waals surface area contributed by atoms with E-state index < -0.39 is 11.9 Å². The third kappa shape index (κ3) is 3.87. The average Bonchev–Trinajstić information content (AvgIpc) is 2.48. The first-order valence-electron chi connectivity index (χ1n) is 6.25. The Bertz CT molecular complexity index is 763. The molecule has 0 fully saturated rings. The minimum atomic E-state index is -0.993. The van der Waals surface area contributed by atoms with Crippen molar-refractivity contribution in [1.82, 2.24) is 0 Å². The summed E-state index contributed by atoms with van der Waals surface area (Å²) in [5.41, 5.74) is 1.15. The van der Waals surface area contributed by atoms with Crippen molar-refractivity contribution in [2.45, 2.75) is 16.2 Å². The third-order valence-corrected chi connectivity index (χ3v) is 3.93. The lowest BCUT2D eigenvalue weighted by Gasteiger charge is -2.06. The number of aliphatic carboxylic acids is 1. The van der Waals surface area contributed by atoms with Gasteiger partial charge in [-0.25, -0.2) is 4.79 Å². The van der Waals surface area contributed by atoms with Gasteiger partial charge in [0.05, 0.1) is 17.5 Å². The van der Waals surface area contributed by atoms with E-state index in [0.717, 1.165) is 4.90 Å². The Morgan fingerprint density at radius 1 is 1.09 bits per heavy atom. The highest BCUT2D eigenvalue weighted by Gasteiger charge is 2.09. The normalized spacial score (nSPS) is 9.95. The van der Waals surface area contributed by atoms with Crippen LogP contribution in [0.1, 0.15) is 21.5 Å². The minimum absolute atomic E-state index is 0.132. The van der Waals surface area contributed by atoms with Crippen LogP contribution in [0.2, 0.25) is 0 Å². The first-order valence-corrected chi connectivity index (χ1v) is 7.07. The summed E-state index contributed by atoms with van der Waals surface area (Å²) in [6.45, 7) is 0. The molecule has 0 aliphatic rings. The van der Waals surface area contributed by atoms with Crippen molar-refractivity contribution in [2.75, 3.05) is 0 Å². The number of benzene rings is 2. The fourth-order valence-electron chi connectivity index (χ4n) is 1.83. The molecule has 0 bridgehead atoms. The fraction of sp³-hybridized carbons (Fsp3) is 0.0625. The van der Waals surface area contributed by atoms with Crippen LogP contribution in [0.5, 0.6) is 0 Å². The molecular weight excluding hydrogens is 302 g/mol. The van der Waals surface area contributed by atoms with Gasteiger partial charge < -0.3 is 10.2 Å². The van der Waals surface area contributed by atoms with E-state index in [-0.39, 0.29) is 12.0 Å². The summed E-state index contributed by atoms with van der Waals surface area (Å²) < 4.78 is 0. The number of rotatable bonds is 5. The van der Waals surface area contributed by atoms with Gasteiger partial charge in [-0.2, -0.15) is 5.26 Å². The van der Waals surface area contributed by atoms with E-state index in [2.05, 4.69) is 6.07 Å². The maximum atomic E-state index is 10.8. The van der Waals surface area contributed by atoms with Gasteiger partial charge in [0.15, 0.2) is 0 Å². The van der Waals surface area contributed by atoms with Crippen LogP contribution in [0.4, 0.5) is 0 Å². The Morgan fingerprint density at radius 3 is 2.32 bits per heavy atom. The largest absolute Gasteiger partial charge is 0.481 e. The highest BCUT2D eigenvalue weighted by atomic mass is 32.2. The Hall–Kier alpha value is -2.78. The molecule has 0 saturated carbocycles. The zero-order valence-electron chi connectivity index (χ0n) is 11.3. The lowest BCUT2D eigenvalue weighted by atomic mass is 10.1. The molecule has 0 heterocycles. The first-order chi connectivity index (χ1) is 10.5. The second kappa shape index (κ2) is 6.78. The van der Waals surface area contributed by atoms with Crippen molar-refractivity contribution in [1.29, 1.82) is 5.26 Å². The molecule has 0 unspecified atom stereocenters. The van der Waals surface area contributed by atoms with E-state index >= 15 is 0 Å². The smallest absolute Gasteiger partial charge is 0.335 e. The highest BCUT2D eigenvalue weighted by molar-refractivity contribution is 7.99. The number of nitrogens with zero attached hydrogens (tertiary/aromatic N) is 1. The summed E-state index contributed by atoms with van der Waals surface area (Å²) in [5, 5.41) is 26.8. The van der Waals surface area contributed by atoms with Crippen LogP contribution in [-0.2, 0) is 11.2 Å². The molecule has 0 aliphatic carbocycles. The number of nitriles is 1. The van der Waals surface area contributed by atoms with Crippen LogP contribution in [0.15, 0.2) is 52.3 Å². The maximum absolute atomic E-state index is 10.8. The summed E-state index contributed by atoms with van der Waals surface area (Å²) >= 11 is 1.32. The number of aromatic carboxylic acids is 1. The standard InChI is InChI=1S/C16H11NO4S/c17-9-12-7-10(8-15(18)19)1-6-14(12)22-13-4-2-11(3-5-13)16(20)21/h1-7H,8H2,(H,18,19)(H,20,21).